The van der Waals surface area contributed by atoms with Gasteiger partial charge in [-0.05, 0) is 46.4 Å². The molecule has 216 valence electrons. The number of nitrogens with one attached hydrogen (secondary N) is 1. The smallest absolute Gasteiger partial charge is 0.422 e. The second-order valence-electron chi connectivity index (χ2n) is 10.6. The lowest BCUT2D eigenvalue weighted by Gasteiger charge is -2.19. The zero-order valence-corrected chi connectivity index (χ0v) is 23.3. The predicted molar refractivity (Wildman–Crippen MR) is 147 cm³/mol. The minimum Gasteiger partial charge on any atom is -0.497 e. The maximum Gasteiger partial charge on any atom is 0.422 e. The number of ether oxygens (including phenoxy) is 2. The summed E-state index contributed by atoms with van der Waals surface area (Å²) in [5.74, 6) is 0.415. The monoisotopic (exact) mass is 567 g/mol. The van der Waals surface area contributed by atoms with Crippen molar-refractivity contribution >= 4 is 5.91 Å². The number of aromatic nitrogens is 4. The Morgan fingerprint density at radius 1 is 0.927 bits per heavy atom. The highest BCUT2D eigenvalue weighted by Gasteiger charge is 2.29. The molecule has 1 atom stereocenters. The number of carbonyl (C=O) groups excluding carboxylic acids is 1. The fourth-order valence-electron chi connectivity index (χ4n) is 4.07. The van der Waals surface area contributed by atoms with Crippen LogP contribution in [0.1, 0.15) is 54.9 Å². The summed E-state index contributed by atoms with van der Waals surface area (Å²) >= 11 is 0. The molecule has 2 aromatic carbocycles. The van der Waals surface area contributed by atoms with E-state index in [1.54, 1.807) is 18.0 Å². The first-order valence-electron chi connectivity index (χ1n) is 13.0. The summed E-state index contributed by atoms with van der Waals surface area (Å²) in [5.41, 5.74) is 3.74. The average Bonchev–Trinajstić information content (AvgIpc) is 3.39. The minimum atomic E-state index is -4.47. The van der Waals surface area contributed by atoms with Gasteiger partial charge < -0.3 is 14.8 Å². The van der Waals surface area contributed by atoms with Crippen molar-refractivity contribution in [2.24, 2.45) is 0 Å². The van der Waals surface area contributed by atoms with Crippen LogP contribution >= 0.6 is 0 Å². The fraction of sp³-hybridized carbons (Fsp3) is 0.333. The molecule has 0 aliphatic rings. The third-order valence-electron chi connectivity index (χ3n) is 6.30. The molecular formula is C30H32F3N5O3. The largest absolute Gasteiger partial charge is 0.497 e. The number of halogens is 3. The Morgan fingerprint density at radius 3 is 2.17 bits per heavy atom. The number of pyridine rings is 1. The molecule has 0 saturated carbocycles. The van der Waals surface area contributed by atoms with Gasteiger partial charge >= 0.3 is 6.18 Å². The third-order valence-corrected chi connectivity index (χ3v) is 6.30. The van der Waals surface area contributed by atoms with Gasteiger partial charge in [0.15, 0.2) is 6.61 Å². The molecule has 0 saturated heterocycles. The van der Waals surface area contributed by atoms with Gasteiger partial charge in [-0.15, -0.1) is 5.10 Å². The van der Waals surface area contributed by atoms with Gasteiger partial charge in [0, 0.05) is 0 Å². The lowest BCUT2D eigenvalue weighted by atomic mass is 9.86. The SMILES string of the molecule is COc1ccc(Cn2cc(C(NC(=O)Cc3ccc(C(C)(C)C)cc3)c3ccc(OCC(F)(F)F)cn3)nn2)cc1. The summed E-state index contributed by atoms with van der Waals surface area (Å²) in [4.78, 5) is 17.4. The first kappa shape index (κ1) is 29.6. The number of benzene rings is 2. The lowest BCUT2D eigenvalue weighted by molar-refractivity contribution is -0.153. The molecule has 1 N–H and O–H groups in total. The first-order chi connectivity index (χ1) is 19.4. The van der Waals surface area contributed by atoms with Crippen molar-refractivity contribution in [3.8, 4) is 11.5 Å². The van der Waals surface area contributed by atoms with Gasteiger partial charge in [-0.1, -0.05) is 62.4 Å². The van der Waals surface area contributed by atoms with Gasteiger partial charge in [0.05, 0.1) is 38.2 Å². The maximum absolute atomic E-state index is 13.1. The Hall–Kier alpha value is -4.41. The molecule has 0 fully saturated rings. The average molecular weight is 568 g/mol. The van der Waals surface area contributed by atoms with Crippen LogP contribution in [0.15, 0.2) is 73.1 Å². The number of alkyl halides is 3. The fourth-order valence-corrected chi connectivity index (χ4v) is 4.07. The molecule has 2 heterocycles. The lowest BCUT2D eigenvalue weighted by Crippen LogP contribution is -2.31. The molecule has 4 aromatic rings. The van der Waals surface area contributed by atoms with E-state index in [0.29, 0.717) is 17.9 Å². The number of methoxy groups -OCH3 is 1. The standard InChI is InChI=1S/C30H32F3N5O3/c1-29(2,3)22-9-5-20(6-10-22)15-27(39)35-28(25-14-13-24(16-34-25)41-19-30(31,32)33)26-18-38(37-36-26)17-21-7-11-23(40-4)12-8-21/h5-14,16,18,28H,15,17,19H2,1-4H3,(H,35,39). The molecular weight excluding hydrogens is 535 g/mol. The van der Waals surface area contributed by atoms with E-state index < -0.39 is 18.8 Å². The molecule has 4 rings (SSSR count). The third kappa shape index (κ3) is 8.54. The van der Waals surface area contributed by atoms with E-state index in [-0.39, 0.29) is 23.5 Å². The van der Waals surface area contributed by atoms with Crippen molar-refractivity contribution < 1.29 is 27.4 Å². The normalized spacial score (nSPS) is 12.6. The van der Waals surface area contributed by atoms with E-state index in [1.807, 2.05) is 48.5 Å². The number of hydrogen-bond acceptors (Lipinski definition) is 6. The van der Waals surface area contributed by atoms with Gasteiger partial charge in [-0.2, -0.15) is 13.2 Å². The van der Waals surface area contributed by atoms with E-state index in [0.717, 1.165) is 22.4 Å². The number of nitrogens with zero attached hydrogens (tertiary/aromatic N) is 4. The summed E-state index contributed by atoms with van der Waals surface area (Å²) in [6.07, 6.45) is -1.47. The molecule has 41 heavy (non-hydrogen) atoms. The quantitative estimate of drug-likeness (QED) is 0.275. The van der Waals surface area contributed by atoms with Gasteiger partial charge in [-0.3, -0.25) is 9.78 Å². The van der Waals surface area contributed by atoms with Crippen molar-refractivity contribution in [3.05, 3.63) is 101 Å². The van der Waals surface area contributed by atoms with Crippen LogP contribution in [0.4, 0.5) is 13.2 Å². The summed E-state index contributed by atoms with van der Waals surface area (Å²) in [6, 6.07) is 17.4. The molecule has 0 aliphatic heterocycles. The molecule has 0 bridgehead atoms. The molecule has 2 aromatic heterocycles. The van der Waals surface area contributed by atoms with Gasteiger partial charge in [0.25, 0.3) is 0 Å². The highest BCUT2D eigenvalue weighted by atomic mass is 19.4. The van der Waals surface area contributed by atoms with Crippen LogP contribution in [-0.2, 0) is 23.2 Å². The summed E-state index contributed by atoms with van der Waals surface area (Å²) in [7, 11) is 1.59. The van der Waals surface area contributed by atoms with Crippen LogP contribution in [0.3, 0.4) is 0 Å². The summed E-state index contributed by atoms with van der Waals surface area (Å²) in [6.45, 7) is 5.35. The summed E-state index contributed by atoms with van der Waals surface area (Å²) < 4.78 is 49.3. The Kier molecular flexibility index (Phi) is 8.95. The molecule has 1 unspecified atom stereocenters. The van der Waals surface area contributed by atoms with Crippen LogP contribution in [0, 0.1) is 0 Å². The number of hydrogen-bond donors (Lipinski definition) is 1. The van der Waals surface area contributed by atoms with Crippen molar-refractivity contribution in [1.29, 1.82) is 0 Å². The van der Waals surface area contributed by atoms with Gasteiger partial charge in [-0.25, -0.2) is 4.68 Å². The number of amides is 1. The molecule has 0 radical (unpaired) electrons. The van der Waals surface area contributed by atoms with E-state index >= 15 is 0 Å². The Morgan fingerprint density at radius 2 is 1.59 bits per heavy atom. The molecule has 0 aliphatic carbocycles. The zero-order valence-electron chi connectivity index (χ0n) is 23.3. The second kappa shape index (κ2) is 12.4. The number of rotatable bonds is 10. The van der Waals surface area contributed by atoms with Crippen LogP contribution in [-0.4, -0.2) is 45.8 Å². The van der Waals surface area contributed by atoms with E-state index in [4.69, 9.17) is 9.47 Å². The van der Waals surface area contributed by atoms with Crippen molar-refractivity contribution in [2.75, 3.05) is 13.7 Å². The molecule has 1 amide bonds. The van der Waals surface area contributed by atoms with Crippen molar-refractivity contribution in [2.45, 2.75) is 51.4 Å². The zero-order chi connectivity index (χ0) is 29.6. The highest BCUT2D eigenvalue weighted by Crippen LogP contribution is 2.24. The van der Waals surface area contributed by atoms with Gasteiger partial charge in [0.1, 0.15) is 23.2 Å². The van der Waals surface area contributed by atoms with Crippen molar-refractivity contribution in [3.63, 3.8) is 0 Å². The first-order valence-corrected chi connectivity index (χ1v) is 13.0. The molecule has 8 nitrogen and oxygen atoms in total. The Balaban J connectivity index is 1.53. The van der Waals surface area contributed by atoms with E-state index in [1.165, 1.54) is 18.3 Å². The van der Waals surface area contributed by atoms with Crippen molar-refractivity contribution in [1.82, 2.24) is 25.3 Å². The predicted octanol–water partition coefficient (Wildman–Crippen LogP) is 5.42. The minimum absolute atomic E-state index is 0.00876. The molecule has 0 spiro atoms. The van der Waals surface area contributed by atoms with Gasteiger partial charge in [0.2, 0.25) is 5.91 Å². The van der Waals surface area contributed by atoms with E-state index in [9.17, 15) is 18.0 Å². The summed E-state index contributed by atoms with van der Waals surface area (Å²) in [5, 5.41) is 11.4. The van der Waals surface area contributed by atoms with E-state index in [2.05, 4.69) is 41.4 Å². The topological polar surface area (TPSA) is 91.2 Å². The highest BCUT2D eigenvalue weighted by molar-refractivity contribution is 5.79. The second-order valence-corrected chi connectivity index (χ2v) is 10.6. The Bertz CT molecular complexity index is 1430. The van der Waals surface area contributed by atoms with Crippen LogP contribution in [0.25, 0.3) is 0 Å². The number of carbonyl (C=O) groups is 1. The van der Waals surface area contributed by atoms with Crippen LogP contribution in [0.2, 0.25) is 0 Å². The maximum atomic E-state index is 13.1. The van der Waals surface area contributed by atoms with Crippen LogP contribution in [0.5, 0.6) is 11.5 Å². The molecule has 11 heteroatoms. The Labute approximate surface area is 236 Å². The van der Waals surface area contributed by atoms with Crippen LogP contribution < -0.4 is 14.8 Å².